The Morgan fingerprint density at radius 3 is 2.62 bits per heavy atom. The van der Waals surface area contributed by atoms with Crippen LogP contribution in [-0.4, -0.2) is 31.7 Å². The van der Waals surface area contributed by atoms with Crippen LogP contribution in [0.5, 0.6) is 5.75 Å². The van der Waals surface area contributed by atoms with Crippen LogP contribution >= 0.6 is 22.6 Å². The van der Waals surface area contributed by atoms with Crippen LogP contribution in [0.4, 0.5) is 0 Å². The highest BCUT2D eigenvalue weighted by Gasteiger charge is 2.10. The van der Waals surface area contributed by atoms with Gasteiger partial charge in [0.05, 0.1) is 25.4 Å². The molecule has 0 unspecified atom stereocenters. The van der Waals surface area contributed by atoms with Gasteiger partial charge in [0.25, 0.3) is 11.8 Å². The fraction of sp³-hybridized carbons (Fsp3) is 0.118. The van der Waals surface area contributed by atoms with Crippen molar-refractivity contribution in [3.8, 4) is 5.75 Å². The lowest BCUT2D eigenvalue weighted by Crippen LogP contribution is -2.35. The van der Waals surface area contributed by atoms with Crippen LogP contribution in [0.15, 0.2) is 53.6 Å². The number of carbonyl (C=O) groups is 2. The van der Waals surface area contributed by atoms with Crippen LogP contribution < -0.4 is 15.5 Å². The van der Waals surface area contributed by atoms with E-state index >= 15 is 0 Å². The Hall–Kier alpha value is -2.42. The first kappa shape index (κ1) is 17.9. The van der Waals surface area contributed by atoms with E-state index in [-0.39, 0.29) is 12.5 Å². The number of nitrogens with one attached hydrogen (secondary N) is 2. The lowest BCUT2D eigenvalue weighted by molar-refractivity contribution is -0.120. The summed E-state index contributed by atoms with van der Waals surface area (Å²) in [4.78, 5) is 23.7. The first-order valence-corrected chi connectivity index (χ1v) is 8.17. The van der Waals surface area contributed by atoms with Gasteiger partial charge in [0, 0.05) is 9.13 Å². The zero-order chi connectivity index (χ0) is 17.4. The molecule has 0 heterocycles. The third kappa shape index (κ3) is 5.05. The van der Waals surface area contributed by atoms with Gasteiger partial charge < -0.3 is 10.1 Å². The molecule has 0 atom stereocenters. The van der Waals surface area contributed by atoms with E-state index in [1.807, 2.05) is 30.3 Å². The number of hydrogen-bond acceptors (Lipinski definition) is 4. The van der Waals surface area contributed by atoms with Crippen LogP contribution in [0.3, 0.4) is 0 Å². The van der Waals surface area contributed by atoms with Gasteiger partial charge in [-0.2, -0.15) is 5.10 Å². The highest BCUT2D eigenvalue weighted by Crippen LogP contribution is 2.14. The lowest BCUT2D eigenvalue weighted by atomic mass is 10.2. The molecule has 0 aliphatic heterocycles. The van der Waals surface area contributed by atoms with Gasteiger partial charge in [0.1, 0.15) is 5.75 Å². The molecule has 24 heavy (non-hydrogen) atoms. The molecule has 6 nitrogen and oxygen atoms in total. The summed E-state index contributed by atoms with van der Waals surface area (Å²) in [7, 11) is 1.56. The molecule has 2 aromatic rings. The van der Waals surface area contributed by atoms with E-state index in [4.69, 9.17) is 4.74 Å². The number of carbonyl (C=O) groups excluding carboxylic acids is 2. The fourth-order valence-corrected chi connectivity index (χ4v) is 2.52. The molecule has 0 bridgehead atoms. The number of methoxy groups -OCH3 is 1. The van der Waals surface area contributed by atoms with Gasteiger partial charge >= 0.3 is 0 Å². The SMILES string of the molecule is COc1ccccc1C=NNC(=O)CNC(=O)c1ccccc1I. The number of benzene rings is 2. The first-order chi connectivity index (χ1) is 11.6. The van der Waals surface area contributed by atoms with Gasteiger partial charge in [0.2, 0.25) is 0 Å². The molecular weight excluding hydrogens is 421 g/mol. The van der Waals surface area contributed by atoms with E-state index in [0.29, 0.717) is 11.3 Å². The highest BCUT2D eigenvalue weighted by atomic mass is 127. The maximum absolute atomic E-state index is 12.0. The molecule has 0 saturated carbocycles. The Morgan fingerprint density at radius 1 is 1.17 bits per heavy atom. The van der Waals surface area contributed by atoms with Crippen molar-refractivity contribution in [1.82, 2.24) is 10.7 Å². The average molecular weight is 437 g/mol. The second-order valence-corrected chi connectivity index (χ2v) is 5.86. The van der Waals surface area contributed by atoms with Gasteiger partial charge in [-0.15, -0.1) is 0 Å². The minimum atomic E-state index is -0.416. The standard InChI is InChI=1S/C17H16IN3O3/c1-24-15-9-5-2-6-12(15)10-20-21-16(22)11-19-17(23)13-7-3-4-8-14(13)18/h2-10H,11H2,1H3,(H,19,23)(H,21,22). The Balaban J connectivity index is 1.84. The maximum Gasteiger partial charge on any atom is 0.259 e. The summed E-state index contributed by atoms with van der Waals surface area (Å²) in [5.41, 5.74) is 3.63. The number of halogens is 1. The molecule has 0 radical (unpaired) electrons. The number of hydrazone groups is 1. The average Bonchev–Trinajstić information content (AvgIpc) is 2.60. The zero-order valence-electron chi connectivity index (χ0n) is 13.0. The van der Waals surface area contributed by atoms with Gasteiger partial charge in [-0.25, -0.2) is 5.43 Å². The van der Waals surface area contributed by atoms with E-state index in [0.717, 1.165) is 9.13 Å². The van der Waals surface area contributed by atoms with Crippen molar-refractivity contribution in [2.45, 2.75) is 0 Å². The molecule has 0 aliphatic carbocycles. The molecule has 7 heteroatoms. The number of hydrogen-bond donors (Lipinski definition) is 2. The minimum Gasteiger partial charge on any atom is -0.496 e. The van der Waals surface area contributed by atoms with Crippen molar-refractivity contribution in [2.24, 2.45) is 5.10 Å². The predicted molar refractivity (Wildman–Crippen MR) is 100 cm³/mol. The molecular formula is C17H16IN3O3. The smallest absolute Gasteiger partial charge is 0.259 e. The summed E-state index contributed by atoms with van der Waals surface area (Å²) >= 11 is 2.07. The van der Waals surface area contributed by atoms with Crippen molar-refractivity contribution in [3.05, 3.63) is 63.2 Å². The van der Waals surface area contributed by atoms with Gasteiger partial charge in [-0.1, -0.05) is 24.3 Å². The first-order valence-electron chi connectivity index (χ1n) is 7.09. The Labute approximate surface area is 153 Å². The molecule has 2 N–H and O–H groups in total. The number of rotatable bonds is 6. The molecule has 124 valence electrons. The van der Waals surface area contributed by atoms with Crippen molar-refractivity contribution in [3.63, 3.8) is 0 Å². The van der Waals surface area contributed by atoms with Crippen molar-refractivity contribution < 1.29 is 14.3 Å². The quantitative estimate of drug-likeness (QED) is 0.413. The zero-order valence-corrected chi connectivity index (χ0v) is 15.1. The number of amides is 2. The third-order valence-corrected chi connectivity index (χ3v) is 4.00. The predicted octanol–water partition coefficient (Wildman–Crippen LogP) is 2.18. The second-order valence-electron chi connectivity index (χ2n) is 4.70. The van der Waals surface area contributed by atoms with E-state index in [2.05, 4.69) is 38.4 Å². The van der Waals surface area contributed by atoms with E-state index in [1.54, 1.807) is 25.3 Å². The van der Waals surface area contributed by atoms with Gasteiger partial charge in [-0.3, -0.25) is 9.59 Å². The Kier molecular flexibility index (Phi) is 6.74. The van der Waals surface area contributed by atoms with E-state index in [1.165, 1.54) is 6.21 Å². The van der Waals surface area contributed by atoms with Crippen LogP contribution in [0.1, 0.15) is 15.9 Å². The molecule has 0 fully saturated rings. The second kappa shape index (κ2) is 9.02. The molecule has 2 amide bonds. The summed E-state index contributed by atoms with van der Waals surface area (Å²) in [6.07, 6.45) is 1.48. The van der Waals surface area contributed by atoms with Crippen LogP contribution in [0, 0.1) is 3.57 Å². The highest BCUT2D eigenvalue weighted by molar-refractivity contribution is 14.1. The Bertz CT molecular complexity index is 762. The molecule has 0 aromatic heterocycles. The molecule has 0 spiro atoms. The molecule has 0 saturated heterocycles. The van der Waals surface area contributed by atoms with Gasteiger partial charge in [-0.05, 0) is 46.9 Å². The number of ether oxygens (including phenoxy) is 1. The topological polar surface area (TPSA) is 79.8 Å². The summed E-state index contributed by atoms with van der Waals surface area (Å²) < 4.78 is 6.00. The third-order valence-electron chi connectivity index (χ3n) is 3.06. The van der Waals surface area contributed by atoms with Crippen molar-refractivity contribution >= 4 is 40.6 Å². The normalized spacial score (nSPS) is 10.4. The summed E-state index contributed by atoms with van der Waals surface area (Å²) in [5, 5.41) is 6.42. The van der Waals surface area contributed by atoms with Crippen LogP contribution in [0.2, 0.25) is 0 Å². The summed E-state index contributed by atoms with van der Waals surface area (Å²) in [5.74, 6) is -0.0632. The maximum atomic E-state index is 12.0. The van der Waals surface area contributed by atoms with Gasteiger partial charge in [0.15, 0.2) is 0 Å². The number of nitrogens with zero attached hydrogens (tertiary/aromatic N) is 1. The lowest BCUT2D eigenvalue weighted by Gasteiger charge is -2.06. The largest absolute Gasteiger partial charge is 0.496 e. The van der Waals surface area contributed by atoms with E-state index < -0.39 is 5.91 Å². The van der Waals surface area contributed by atoms with Crippen molar-refractivity contribution in [2.75, 3.05) is 13.7 Å². The van der Waals surface area contributed by atoms with Crippen LogP contribution in [-0.2, 0) is 4.79 Å². The Morgan fingerprint density at radius 2 is 1.88 bits per heavy atom. The van der Waals surface area contributed by atoms with Crippen LogP contribution in [0.25, 0.3) is 0 Å². The monoisotopic (exact) mass is 437 g/mol. The fourth-order valence-electron chi connectivity index (χ4n) is 1.89. The van der Waals surface area contributed by atoms with E-state index in [9.17, 15) is 9.59 Å². The minimum absolute atomic E-state index is 0.160. The molecule has 0 aliphatic rings. The summed E-state index contributed by atoms with van der Waals surface area (Å²) in [6.45, 7) is -0.160. The molecule has 2 rings (SSSR count). The summed E-state index contributed by atoms with van der Waals surface area (Å²) in [6, 6.07) is 14.4. The van der Waals surface area contributed by atoms with Crippen molar-refractivity contribution in [1.29, 1.82) is 0 Å². The number of para-hydroxylation sites is 1. The molecule has 2 aromatic carbocycles.